The van der Waals surface area contributed by atoms with Crippen LogP contribution in [-0.2, 0) is 6.54 Å². The molecule has 3 rings (SSSR count). The lowest BCUT2D eigenvalue weighted by Crippen LogP contribution is -2.23. The van der Waals surface area contributed by atoms with E-state index in [1.54, 1.807) is 18.4 Å². The maximum Gasteiger partial charge on any atom is 0.253 e. The van der Waals surface area contributed by atoms with Crippen LogP contribution in [0.1, 0.15) is 27.5 Å². The topological polar surface area (TPSA) is 80.0 Å². The number of rotatable bonds is 5. The molecule has 0 fully saturated rings. The zero-order valence-corrected chi connectivity index (χ0v) is 13.5. The van der Waals surface area contributed by atoms with Gasteiger partial charge in [0.2, 0.25) is 5.95 Å². The average molecular weight is 322 g/mol. The van der Waals surface area contributed by atoms with Gasteiger partial charge < -0.3 is 15.1 Å². The van der Waals surface area contributed by atoms with Crippen LogP contribution in [0.25, 0.3) is 0 Å². The molecular formula is C18H18N4O2. The monoisotopic (exact) mass is 322 g/mol. The number of carbonyl (C=O) groups excluding carboxylic acids is 1. The average Bonchev–Trinajstić information content (AvgIpc) is 3.05. The molecular weight excluding hydrogens is 304 g/mol. The van der Waals surface area contributed by atoms with Crippen LogP contribution in [0.5, 0.6) is 0 Å². The fourth-order valence-electron chi connectivity index (χ4n) is 2.37. The number of anilines is 2. The maximum absolute atomic E-state index is 12.5. The number of nitrogens with one attached hydrogen (secondary N) is 2. The number of nitrogens with zero attached hydrogens (tertiary/aromatic N) is 2. The predicted molar refractivity (Wildman–Crippen MR) is 91.1 cm³/mol. The third-order valence-corrected chi connectivity index (χ3v) is 3.40. The Morgan fingerprint density at radius 3 is 2.54 bits per heavy atom. The Balaban J connectivity index is 1.78. The summed E-state index contributed by atoms with van der Waals surface area (Å²) in [6.45, 7) is 4.14. The summed E-state index contributed by atoms with van der Waals surface area (Å²) in [5, 5.41) is 5.96. The quantitative estimate of drug-likeness (QED) is 0.753. The van der Waals surface area contributed by atoms with E-state index in [9.17, 15) is 4.79 Å². The molecule has 0 atom stereocenters. The summed E-state index contributed by atoms with van der Waals surface area (Å²) in [5.41, 5.74) is 2.90. The number of hydrogen-bond donors (Lipinski definition) is 2. The van der Waals surface area contributed by atoms with Crippen LogP contribution in [0.15, 0.2) is 53.1 Å². The first-order chi connectivity index (χ1) is 11.6. The van der Waals surface area contributed by atoms with Crippen LogP contribution in [0.4, 0.5) is 11.6 Å². The molecule has 0 radical (unpaired) electrons. The van der Waals surface area contributed by atoms with Gasteiger partial charge in [-0.2, -0.15) is 0 Å². The van der Waals surface area contributed by atoms with Gasteiger partial charge in [-0.1, -0.05) is 12.1 Å². The highest BCUT2D eigenvalue weighted by atomic mass is 16.3. The van der Waals surface area contributed by atoms with Gasteiger partial charge in [-0.25, -0.2) is 9.97 Å². The fourth-order valence-corrected chi connectivity index (χ4v) is 2.37. The van der Waals surface area contributed by atoms with E-state index in [0.29, 0.717) is 29.5 Å². The van der Waals surface area contributed by atoms with Crippen molar-refractivity contribution < 1.29 is 9.21 Å². The third kappa shape index (κ3) is 3.78. The van der Waals surface area contributed by atoms with Gasteiger partial charge in [-0.15, -0.1) is 0 Å². The Morgan fingerprint density at radius 2 is 1.83 bits per heavy atom. The molecule has 0 unspecified atom stereocenters. The van der Waals surface area contributed by atoms with Gasteiger partial charge in [-0.05, 0) is 44.2 Å². The summed E-state index contributed by atoms with van der Waals surface area (Å²) < 4.78 is 5.22. The molecule has 2 N–H and O–H groups in total. The van der Waals surface area contributed by atoms with E-state index in [1.165, 1.54) is 0 Å². The first-order valence-electron chi connectivity index (χ1n) is 7.61. The van der Waals surface area contributed by atoms with Gasteiger partial charge in [0.15, 0.2) is 0 Å². The van der Waals surface area contributed by atoms with Crippen molar-refractivity contribution in [3.8, 4) is 0 Å². The van der Waals surface area contributed by atoms with Crippen molar-refractivity contribution in [2.24, 2.45) is 0 Å². The van der Waals surface area contributed by atoms with E-state index in [1.807, 2.05) is 44.2 Å². The largest absolute Gasteiger partial charge is 0.467 e. The Morgan fingerprint density at radius 1 is 1.08 bits per heavy atom. The Hall–Kier alpha value is -3.15. The summed E-state index contributed by atoms with van der Waals surface area (Å²) in [6, 6.07) is 12.7. The van der Waals surface area contributed by atoms with E-state index in [2.05, 4.69) is 20.6 Å². The molecule has 0 saturated carbocycles. The molecule has 0 aliphatic rings. The zero-order valence-electron chi connectivity index (χ0n) is 13.5. The molecule has 1 aromatic carbocycles. The van der Waals surface area contributed by atoms with Gasteiger partial charge in [-0.3, -0.25) is 4.79 Å². The summed E-state index contributed by atoms with van der Waals surface area (Å²) in [7, 11) is 0. The van der Waals surface area contributed by atoms with Crippen LogP contribution in [0.2, 0.25) is 0 Å². The van der Waals surface area contributed by atoms with Crippen LogP contribution in [0.3, 0.4) is 0 Å². The minimum absolute atomic E-state index is 0.195. The summed E-state index contributed by atoms with van der Waals surface area (Å²) >= 11 is 0. The number of benzene rings is 1. The maximum atomic E-state index is 12.5. The van der Waals surface area contributed by atoms with Crippen molar-refractivity contribution >= 4 is 17.5 Å². The first-order valence-corrected chi connectivity index (χ1v) is 7.61. The molecule has 0 aliphatic heterocycles. The first kappa shape index (κ1) is 15.7. The van der Waals surface area contributed by atoms with Crippen molar-refractivity contribution in [3.05, 3.63) is 71.4 Å². The van der Waals surface area contributed by atoms with E-state index < -0.39 is 0 Å². The fraction of sp³-hybridized carbons (Fsp3) is 0.167. The molecule has 3 aromatic rings. The Bertz CT molecular complexity index is 824. The molecule has 6 nitrogen and oxygen atoms in total. The molecule has 0 bridgehead atoms. The Kier molecular flexibility index (Phi) is 4.56. The molecule has 0 spiro atoms. The minimum atomic E-state index is -0.195. The van der Waals surface area contributed by atoms with Crippen LogP contribution in [0, 0.1) is 13.8 Å². The number of aryl methyl sites for hydroxylation is 2. The molecule has 122 valence electrons. The van der Waals surface area contributed by atoms with Crippen LogP contribution >= 0.6 is 0 Å². The van der Waals surface area contributed by atoms with Crippen molar-refractivity contribution in [3.63, 3.8) is 0 Å². The molecule has 24 heavy (non-hydrogen) atoms. The molecule has 2 heterocycles. The number of furan rings is 1. The highest BCUT2D eigenvalue weighted by Crippen LogP contribution is 2.19. The third-order valence-electron chi connectivity index (χ3n) is 3.40. The van der Waals surface area contributed by atoms with Gasteiger partial charge in [0.1, 0.15) is 5.76 Å². The number of aromatic nitrogens is 2. The number of para-hydroxylation sites is 1. The van der Waals surface area contributed by atoms with Crippen molar-refractivity contribution in [1.29, 1.82) is 0 Å². The van der Waals surface area contributed by atoms with E-state index in [0.717, 1.165) is 11.4 Å². The standard InChI is InChI=1S/C18H18N4O2/c1-12-10-13(2)21-18(20-12)22-16-8-4-3-7-15(16)17(23)19-11-14-6-5-9-24-14/h3-10H,11H2,1-2H3,(H,19,23)(H,20,21,22). The van der Waals surface area contributed by atoms with Crippen molar-refractivity contribution in [2.45, 2.75) is 20.4 Å². The second-order valence-corrected chi connectivity index (χ2v) is 5.41. The zero-order chi connectivity index (χ0) is 16.9. The SMILES string of the molecule is Cc1cc(C)nc(Nc2ccccc2C(=O)NCc2ccco2)n1. The van der Waals surface area contributed by atoms with Gasteiger partial charge >= 0.3 is 0 Å². The highest BCUT2D eigenvalue weighted by Gasteiger charge is 2.12. The lowest BCUT2D eigenvalue weighted by molar-refractivity contribution is 0.0949. The second kappa shape index (κ2) is 6.95. The van der Waals surface area contributed by atoms with Crippen LogP contribution < -0.4 is 10.6 Å². The van der Waals surface area contributed by atoms with Gasteiger partial charge in [0.05, 0.1) is 24.1 Å². The van der Waals surface area contributed by atoms with E-state index in [-0.39, 0.29) is 5.91 Å². The normalized spacial score (nSPS) is 10.4. The molecule has 1 amide bonds. The molecule has 6 heteroatoms. The van der Waals surface area contributed by atoms with Crippen molar-refractivity contribution in [2.75, 3.05) is 5.32 Å². The summed E-state index contributed by atoms with van der Waals surface area (Å²) in [5.74, 6) is 0.976. The summed E-state index contributed by atoms with van der Waals surface area (Å²) in [6.07, 6.45) is 1.58. The van der Waals surface area contributed by atoms with E-state index >= 15 is 0 Å². The van der Waals surface area contributed by atoms with Crippen molar-refractivity contribution in [1.82, 2.24) is 15.3 Å². The van der Waals surface area contributed by atoms with Crippen LogP contribution in [-0.4, -0.2) is 15.9 Å². The molecule has 2 aromatic heterocycles. The number of carbonyl (C=O) groups is 1. The molecule has 0 aliphatic carbocycles. The van der Waals surface area contributed by atoms with Gasteiger partial charge in [0, 0.05) is 11.4 Å². The number of hydrogen-bond acceptors (Lipinski definition) is 5. The highest BCUT2D eigenvalue weighted by molar-refractivity contribution is 6.00. The van der Waals surface area contributed by atoms with E-state index in [4.69, 9.17) is 4.42 Å². The summed E-state index contributed by atoms with van der Waals surface area (Å²) in [4.78, 5) is 21.1. The molecule has 0 saturated heterocycles. The minimum Gasteiger partial charge on any atom is -0.467 e. The predicted octanol–water partition coefficient (Wildman–Crippen LogP) is 3.36. The Labute approximate surface area is 140 Å². The van der Waals surface area contributed by atoms with Gasteiger partial charge in [0.25, 0.3) is 5.91 Å². The lowest BCUT2D eigenvalue weighted by atomic mass is 10.1. The second-order valence-electron chi connectivity index (χ2n) is 5.41. The lowest BCUT2D eigenvalue weighted by Gasteiger charge is -2.11. The number of amides is 1. The smallest absolute Gasteiger partial charge is 0.253 e.